The third-order valence-corrected chi connectivity index (χ3v) is 3.38. The summed E-state index contributed by atoms with van der Waals surface area (Å²) in [4.78, 5) is 0. The van der Waals surface area contributed by atoms with Crippen molar-refractivity contribution in [3.8, 4) is 5.75 Å². The Balaban J connectivity index is 2.60. The second-order valence-corrected chi connectivity index (χ2v) is 4.99. The van der Waals surface area contributed by atoms with Crippen molar-refractivity contribution in [3.05, 3.63) is 29.6 Å². The quantitative estimate of drug-likeness (QED) is 0.670. The number of nitrogens with one attached hydrogen (secondary N) is 1. The molecule has 0 fully saturated rings. The Morgan fingerprint density at radius 3 is 2.75 bits per heavy atom. The molecule has 0 aliphatic rings. The van der Waals surface area contributed by atoms with E-state index in [1.54, 1.807) is 13.2 Å². The lowest BCUT2D eigenvalue weighted by molar-refractivity contribution is 0.197. The van der Waals surface area contributed by atoms with E-state index < -0.39 is 0 Å². The van der Waals surface area contributed by atoms with E-state index >= 15 is 0 Å². The summed E-state index contributed by atoms with van der Waals surface area (Å²) < 4.78 is 24.2. The van der Waals surface area contributed by atoms with Crippen molar-refractivity contribution in [2.24, 2.45) is 5.92 Å². The van der Waals surface area contributed by atoms with Gasteiger partial charge in [0, 0.05) is 13.7 Å². The van der Waals surface area contributed by atoms with E-state index in [9.17, 15) is 4.39 Å². The summed E-state index contributed by atoms with van der Waals surface area (Å²) in [6.45, 7) is 4.57. The first-order valence-corrected chi connectivity index (χ1v) is 7.23. The summed E-state index contributed by atoms with van der Waals surface area (Å²) in [7, 11) is 3.19. The molecule has 0 spiro atoms. The maximum atomic E-state index is 14.2. The highest BCUT2D eigenvalue weighted by Gasteiger charge is 2.14. The SMILES string of the molecule is CCCC(CNCCOC)Cc1cccc(OC)c1F. The Hall–Kier alpha value is -1.13. The average Bonchev–Trinajstić information content (AvgIpc) is 2.46. The molecule has 1 N–H and O–H groups in total. The van der Waals surface area contributed by atoms with E-state index in [0.717, 1.165) is 37.9 Å². The minimum Gasteiger partial charge on any atom is -0.494 e. The molecule has 0 amide bonds. The number of hydrogen-bond acceptors (Lipinski definition) is 3. The topological polar surface area (TPSA) is 30.5 Å². The van der Waals surface area contributed by atoms with Crippen molar-refractivity contribution in [2.75, 3.05) is 33.9 Å². The summed E-state index contributed by atoms with van der Waals surface area (Å²) in [6.07, 6.45) is 2.91. The molecule has 0 bridgehead atoms. The molecule has 20 heavy (non-hydrogen) atoms. The van der Waals surface area contributed by atoms with Crippen LogP contribution in [0.1, 0.15) is 25.3 Å². The highest BCUT2D eigenvalue weighted by molar-refractivity contribution is 5.31. The normalized spacial score (nSPS) is 12.4. The molecule has 3 nitrogen and oxygen atoms in total. The summed E-state index contributed by atoms with van der Waals surface area (Å²) in [5, 5.41) is 3.36. The molecule has 1 aromatic rings. The molecule has 0 saturated heterocycles. The zero-order valence-electron chi connectivity index (χ0n) is 12.7. The molecule has 0 aliphatic carbocycles. The maximum Gasteiger partial charge on any atom is 0.168 e. The first-order valence-electron chi connectivity index (χ1n) is 7.23. The minimum absolute atomic E-state index is 0.229. The van der Waals surface area contributed by atoms with Crippen LogP contribution >= 0.6 is 0 Å². The van der Waals surface area contributed by atoms with Crippen LogP contribution in [0.2, 0.25) is 0 Å². The smallest absolute Gasteiger partial charge is 0.168 e. The van der Waals surface area contributed by atoms with Crippen molar-refractivity contribution >= 4 is 0 Å². The average molecular weight is 283 g/mol. The molecule has 114 valence electrons. The fourth-order valence-corrected chi connectivity index (χ4v) is 2.35. The molecule has 1 atom stereocenters. The Bertz CT molecular complexity index is 385. The highest BCUT2D eigenvalue weighted by Crippen LogP contribution is 2.23. The van der Waals surface area contributed by atoms with Crippen LogP contribution in [0.15, 0.2) is 18.2 Å². The number of benzene rings is 1. The van der Waals surface area contributed by atoms with Gasteiger partial charge in [-0.1, -0.05) is 25.5 Å². The third kappa shape index (κ3) is 5.47. The van der Waals surface area contributed by atoms with Gasteiger partial charge in [-0.15, -0.1) is 0 Å². The van der Waals surface area contributed by atoms with Crippen LogP contribution < -0.4 is 10.1 Å². The van der Waals surface area contributed by atoms with E-state index in [4.69, 9.17) is 9.47 Å². The number of halogens is 1. The molecule has 0 aromatic heterocycles. The van der Waals surface area contributed by atoms with Crippen LogP contribution in [0.25, 0.3) is 0 Å². The van der Waals surface area contributed by atoms with E-state index in [1.807, 2.05) is 12.1 Å². The fraction of sp³-hybridized carbons (Fsp3) is 0.625. The van der Waals surface area contributed by atoms with Crippen molar-refractivity contribution < 1.29 is 13.9 Å². The van der Waals surface area contributed by atoms with Crippen LogP contribution in [0.5, 0.6) is 5.75 Å². The predicted octanol–water partition coefficient (Wildman–Crippen LogP) is 3.03. The van der Waals surface area contributed by atoms with Gasteiger partial charge in [0.1, 0.15) is 0 Å². The van der Waals surface area contributed by atoms with Gasteiger partial charge >= 0.3 is 0 Å². The first-order chi connectivity index (χ1) is 9.72. The third-order valence-electron chi connectivity index (χ3n) is 3.38. The van der Waals surface area contributed by atoms with Gasteiger partial charge in [0.2, 0.25) is 0 Å². The van der Waals surface area contributed by atoms with Gasteiger partial charge in [-0.2, -0.15) is 0 Å². The molecule has 0 aliphatic heterocycles. The van der Waals surface area contributed by atoms with Crippen LogP contribution in [0, 0.1) is 11.7 Å². The van der Waals surface area contributed by atoms with Crippen molar-refractivity contribution in [1.29, 1.82) is 0 Å². The summed E-state index contributed by atoms with van der Waals surface area (Å²) in [5.41, 5.74) is 0.733. The van der Waals surface area contributed by atoms with Gasteiger partial charge in [-0.25, -0.2) is 4.39 Å². The van der Waals surface area contributed by atoms with E-state index in [1.165, 1.54) is 7.11 Å². The highest BCUT2D eigenvalue weighted by atomic mass is 19.1. The van der Waals surface area contributed by atoms with E-state index in [0.29, 0.717) is 18.3 Å². The van der Waals surface area contributed by atoms with Gasteiger partial charge in [0.25, 0.3) is 0 Å². The summed E-state index contributed by atoms with van der Waals surface area (Å²) >= 11 is 0. The Morgan fingerprint density at radius 2 is 2.10 bits per heavy atom. The minimum atomic E-state index is -0.229. The van der Waals surface area contributed by atoms with Crippen LogP contribution in [0.4, 0.5) is 4.39 Å². The number of methoxy groups -OCH3 is 2. The van der Waals surface area contributed by atoms with Gasteiger partial charge in [0.15, 0.2) is 11.6 Å². The van der Waals surface area contributed by atoms with Crippen LogP contribution in [-0.2, 0) is 11.2 Å². The molecule has 1 unspecified atom stereocenters. The molecular formula is C16H26FNO2. The van der Waals surface area contributed by atoms with Gasteiger partial charge in [0.05, 0.1) is 13.7 Å². The van der Waals surface area contributed by atoms with Crippen molar-refractivity contribution in [3.63, 3.8) is 0 Å². The molecule has 1 aromatic carbocycles. The molecule has 4 heteroatoms. The lowest BCUT2D eigenvalue weighted by Gasteiger charge is -2.18. The predicted molar refractivity (Wildman–Crippen MR) is 79.8 cm³/mol. The number of ether oxygens (including phenoxy) is 2. The molecule has 0 radical (unpaired) electrons. The number of rotatable bonds is 10. The Morgan fingerprint density at radius 1 is 1.30 bits per heavy atom. The lowest BCUT2D eigenvalue weighted by atomic mass is 9.94. The Kier molecular flexibility index (Phi) is 8.23. The van der Waals surface area contributed by atoms with Gasteiger partial charge in [-0.3, -0.25) is 0 Å². The lowest BCUT2D eigenvalue weighted by Crippen LogP contribution is -2.27. The maximum absolute atomic E-state index is 14.2. The second-order valence-electron chi connectivity index (χ2n) is 4.99. The fourth-order valence-electron chi connectivity index (χ4n) is 2.35. The number of hydrogen-bond donors (Lipinski definition) is 1. The van der Waals surface area contributed by atoms with E-state index in [2.05, 4.69) is 12.2 Å². The largest absolute Gasteiger partial charge is 0.494 e. The monoisotopic (exact) mass is 283 g/mol. The molecular weight excluding hydrogens is 257 g/mol. The zero-order valence-corrected chi connectivity index (χ0v) is 12.7. The Labute approximate surface area is 121 Å². The van der Waals surface area contributed by atoms with Crippen LogP contribution in [-0.4, -0.2) is 33.9 Å². The molecule has 0 saturated carbocycles. The summed E-state index contributed by atoms with van der Waals surface area (Å²) in [6, 6.07) is 5.35. The first kappa shape index (κ1) is 16.9. The summed E-state index contributed by atoms with van der Waals surface area (Å²) in [5.74, 6) is 0.525. The molecule has 0 heterocycles. The van der Waals surface area contributed by atoms with Gasteiger partial charge in [-0.05, 0) is 36.9 Å². The van der Waals surface area contributed by atoms with Crippen molar-refractivity contribution in [1.82, 2.24) is 5.32 Å². The molecule has 1 rings (SSSR count). The van der Waals surface area contributed by atoms with Gasteiger partial charge < -0.3 is 14.8 Å². The van der Waals surface area contributed by atoms with E-state index in [-0.39, 0.29) is 5.82 Å². The zero-order chi connectivity index (χ0) is 14.8. The van der Waals surface area contributed by atoms with Crippen LogP contribution in [0.3, 0.4) is 0 Å². The second kappa shape index (κ2) is 9.72. The van der Waals surface area contributed by atoms with Crippen molar-refractivity contribution in [2.45, 2.75) is 26.2 Å². The standard InChI is InChI=1S/C16H26FNO2/c1-4-6-13(12-18-9-10-19-2)11-14-7-5-8-15(20-3)16(14)17/h5,7-8,13,18H,4,6,9-12H2,1-3H3.